The van der Waals surface area contributed by atoms with Crippen molar-refractivity contribution in [1.82, 2.24) is 24.5 Å². The van der Waals surface area contributed by atoms with E-state index in [9.17, 15) is 9.59 Å². The lowest BCUT2D eigenvalue weighted by Crippen LogP contribution is -2.32. The van der Waals surface area contributed by atoms with Crippen molar-refractivity contribution >= 4 is 11.6 Å². The molecular formula is C19H21N5O2. The van der Waals surface area contributed by atoms with Crippen LogP contribution in [0.4, 0.5) is 0 Å². The standard InChI is InChI=1S/C19H21N5O2/c25-18-6-2-1-3-9-23(18)10-7-15-11-19(26)24-17(21-15)12-16(22-24)14-5-4-8-20-13-14/h4-5,8,11-13,22H,1-3,6-7,9-10H2. The molecule has 1 saturated heterocycles. The van der Waals surface area contributed by atoms with Crippen molar-refractivity contribution in [3.8, 4) is 11.3 Å². The molecule has 7 nitrogen and oxygen atoms in total. The predicted octanol–water partition coefficient (Wildman–Crippen LogP) is 2.03. The molecule has 0 saturated carbocycles. The Balaban J connectivity index is 1.57. The van der Waals surface area contributed by atoms with Crippen LogP contribution in [0.25, 0.3) is 16.9 Å². The lowest BCUT2D eigenvalue weighted by atomic mass is 10.2. The summed E-state index contributed by atoms with van der Waals surface area (Å²) in [6, 6.07) is 7.16. The van der Waals surface area contributed by atoms with Crippen molar-refractivity contribution in [2.75, 3.05) is 13.1 Å². The maximum Gasteiger partial charge on any atom is 0.272 e. The highest BCUT2D eigenvalue weighted by Crippen LogP contribution is 2.17. The molecule has 1 N–H and O–H groups in total. The second kappa shape index (κ2) is 7.11. The average Bonchev–Trinajstić information content (AvgIpc) is 2.98. The second-order valence-electron chi connectivity index (χ2n) is 6.63. The molecule has 0 atom stereocenters. The van der Waals surface area contributed by atoms with Gasteiger partial charge in [-0.2, -0.15) is 0 Å². The number of nitrogens with zero attached hydrogens (tertiary/aromatic N) is 4. The first-order valence-corrected chi connectivity index (χ1v) is 9.00. The second-order valence-corrected chi connectivity index (χ2v) is 6.63. The van der Waals surface area contributed by atoms with E-state index >= 15 is 0 Å². The van der Waals surface area contributed by atoms with Gasteiger partial charge in [0.05, 0.1) is 11.4 Å². The third-order valence-electron chi connectivity index (χ3n) is 4.79. The van der Waals surface area contributed by atoms with Gasteiger partial charge in [0.15, 0.2) is 5.65 Å². The highest BCUT2D eigenvalue weighted by molar-refractivity contribution is 5.76. The van der Waals surface area contributed by atoms with Crippen LogP contribution in [-0.2, 0) is 11.2 Å². The lowest BCUT2D eigenvalue weighted by Gasteiger charge is -2.20. The number of hydrogen-bond acceptors (Lipinski definition) is 4. The Labute approximate surface area is 150 Å². The zero-order chi connectivity index (χ0) is 17.9. The van der Waals surface area contributed by atoms with Crippen LogP contribution in [0.2, 0.25) is 0 Å². The van der Waals surface area contributed by atoms with Crippen LogP contribution in [0.15, 0.2) is 41.5 Å². The van der Waals surface area contributed by atoms with Crippen LogP contribution >= 0.6 is 0 Å². The molecule has 134 valence electrons. The van der Waals surface area contributed by atoms with E-state index in [1.165, 1.54) is 4.52 Å². The van der Waals surface area contributed by atoms with Crippen molar-refractivity contribution in [3.63, 3.8) is 0 Å². The van der Waals surface area contributed by atoms with Crippen LogP contribution < -0.4 is 5.56 Å². The first-order chi connectivity index (χ1) is 12.7. The number of likely N-dealkylation sites (tertiary alicyclic amines) is 1. The van der Waals surface area contributed by atoms with Gasteiger partial charge in [-0.05, 0) is 25.0 Å². The zero-order valence-electron chi connectivity index (χ0n) is 14.5. The Hall–Kier alpha value is -2.96. The molecule has 0 radical (unpaired) electrons. The number of carbonyl (C=O) groups is 1. The molecule has 3 aromatic rings. The van der Waals surface area contributed by atoms with Gasteiger partial charge < -0.3 is 4.90 Å². The van der Waals surface area contributed by atoms with Crippen molar-refractivity contribution in [2.24, 2.45) is 0 Å². The van der Waals surface area contributed by atoms with Gasteiger partial charge >= 0.3 is 0 Å². The van der Waals surface area contributed by atoms with Gasteiger partial charge in [0.1, 0.15) is 0 Å². The number of aromatic amines is 1. The minimum atomic E-state index is -0.151. The topological polar surface area (TPSA) is 83.4 Å². The fourth-order valence-corrected chi connectivity index (χ4v) is 3.36. The van der Waals surface area contributed by atoms with E-state index in [1.54, 1.807) is 18.5 Å². The first kappa shape index (κ1) is 16.5. The monoisotopic (exact) mass is 351 g/mol. The maximum atomic E-state index is 12.4. The van der Waals surface area contributed by atoms with Gasteiger partial charge in [0.25, 0.3) is 5.56 Å². The molecule has 7 heteroatoms. The van der Waals surface area contributed by atoms with Crippen molar-refractivity contribution in [1.29, 1.82) is 0 Å². The molecule has 0 unspecified atom stereocenters. The molecule has 0 aliphatic carbocycles. The van der Waals surface area contributed by atoms with E-state index in [2.05, 4.69) is 15.1 Å². The van der Waals surface area contributed by atoms with Gasteiger partial charge in [-0.25, -0.2) is 9.50 Å². The number of nitrogens with one attached hydrogen (secondary N) is 1. The van der Waals surface area contributed by atoms with Gasteiger partial charge in [-0.3, -0.25) is 19.7 Å². The molecule has 4 rings (SSSR count). The number of fused-ring (bicyclic) bond motifs is 1. The molecule has 1 aliphatic rings. The number of aromatic nitrogens is 4. The molecule has 0 aromatic carbocycles. The molecule has 0 bridgehead atoms. The molecule has 0 spiro atoms. The Kier molecular flexibility index (Phi) is 4.51. The lowest BCUT2D eigenvalue weighted by molar-refractivity contribution is -0.130. The van der Waals surface area contributed by atoms with E-state index in [4.69, 9.17) is 0 Å². The minimum Gasteiger partial charge on any atom is -0.342 e. The fourth-order valence-electron chi connectivity index (χ4n) is 3.36. The smallest absolute Gasteiger partial charge is 0.272 e. The van der Waals surface area contributed by atoms with Crippen LogP contribution in [0.1, 0.15) is 31.4 Å². The molecule has 1 fully saturated rings. The molecule has 3 aromatic heterocycles. The number of hydrogen-bond donors (Lipinski definition) is 1. The zero-order valence-corrected chi connectivity index (χ0v) is 14.5. The van der Waals surface area contributed by atoms with Crippen LogP contribution in [0.3, 0.4) is 0 Å². The number of rotatable bonds is 4. The number of pyridine rings is 1. The Morgan fingerprint density at radius 2 is 2.08 bits per heavy atom. The van der Waals surface area contributed by atoms with E-state index in [0.29, 0.717) is 30.7 Å². The summed E-state index contributed by atoms with van der Waals surface area (Å²) in [7, 11) is 0. The van der Waals surface area contributed by atoms with Crippen LogP contribution in [0.5, 0.6) is 0 Å². The van der Waals surface area contributed by atoms with Gasteiger partial charge in [-0.1, -0.05) is 6.42 Å². The minimum absolute atomic E-state index is 0.151. The fraction of sp³-hybridized carbons (Fsp3) is 0.368. The largest absolute Gasteiger partial charge is 0.342 e. The van der Waals surface area contributed by atoms with E-state index in [1.807, 2.05) is 23.1 Å². The summed E-state index contributed by atoms with van der Waals surface area (Å²) in [5.74, 6) is 0.209. The number of amides is 1. The summed E-state index contributed by atoms with van der Waals surface area (Å²) in [5.41, 5.74) is 2.83. The summed E-state index contributed by atoms with van der Waals surface area (Å²) >= 11 is 0. The third-order valence-corrected chi connectivity index (χ3v) is 4.79. The molecule has 1 amide bonds. The Morgan fingerprint density at radius 3 is 2.92 bits per heavy atom. The highest BCUT2D eigenvalue weighted by Gasteiger charge is 2.17. The van der Waals surface area contributed by atoms with Gasteiger partial charge in [0, 0.05) is 56.0 Å². The molecule has 4 heterocycles. The van der Waals surface area contributed by atoms with Crippen LogP contribution in [-0.4, -0.2) is 43.5 Å². The first-order valence-electron chi connectivity index (χ1n) is 9.00. The van der Waals surface area contributed by atoms with E-state index in [0.717, 1.165) is 37.1 Å². The van der Waals surface area contributed by atoms with Crippen molar-refractivity contribution in [2.45, 2.75) is 32.1 Å². The van der Waals surface area contributed by atoms with Crippen molar-refractivity contribution in [3.05, 3.63) is 52.7 Å². The highest BCUT2D eigenvalue weighted by atomic mass is 16.2. The number of carbonyl (C=O) groups excluding carboxylic acids is 1. The van der Waals surface area contributed by atoms with Gasteiger partial charge in [0.2, 0.25) is 5.91 Å². The normalized spacial score (nSPS) is 15.4. The quantitative estimate of drug-likeness (QED) is 0.779. The molecule has 1 aliphatic heterocycles. The average molecular weight is 351 g/mol. The maximum absolute atomic E-state index is 12.4. The molecule has 26 heavy (non-hydrogen) atoms. The summed E-state index contributed by atoms with van der Waals surface area (Å²) in [6.07, 6.45) is 7.79. The summed E-state index contributed by atoms with van der Waals surface area (Å²) in [4.78, 5) is 35.1. The summed E-state index contributed by atoms with van der Waals surface area (Å²) < 4.78 is 1.43. The van der Waals surface area contributed by atoms with Gasteiger partial charge in [-0.15, -0.1) is 0 Å². The summed E-state index contributed by atoms with van der Waals surface area (Å²) in [5, 5.41) is 3.07. The third kappa shape index (κ3) is 3.37. The van der Waals surface area contributed by atoms with E-state index in [-0.39, 0.29) is 11.5 Å². The van der Waals surface area contributed by atoms with Crippen molar-refractivity contribution < 1.29 is 4.79 Å². The van der Waals surface area contributed by atoms with E-state index < -0.39 is 0 Å². The van der Waals surface area contributed by atoms with Crippen LogP contribution in [0, 0.1) is 0 Å². The summed E-state index contributed by atoms with van der Waals surface area (Å²) in [6.45, 7) is 1.41. The Morgan fingerprint density at radius 1 is 1.15 bits per heavy atom. The predicted molar refractivity (Wildman–Crippen MR) is 97.8 cm³/mol. The Bertz CT molecular complexity index is 977. The number of H-pyrrole nitrogens is 1. The molecular weight excluding hydrogens is 330 g/mol. The SMILES string of the molecule is O=C1CCCCCN1CCc1cc(=O)n2[nH]c(-c3cccnc3)cc2n1.